The number of nitro groups is 1. The van der Waals surface area contributed by atoms with Crippen molar-refractivity contribution in [1.82, 2.24) is 5.32 Å². The van der Waals surface area contributed by atoms with Crippen LogP contribution in [-0.4, -0.2) is 17.5 Å². The van der Waals surface area contributed by atoms with E-state index in [4.69, 9.17) is 0 Å². The molecule has 4 nitrogen and oxygen atoms in total. The summed E-state index contributed by atoms with van der Waals surface area (Å²) in [5, 5.41) is 13.6. The summed E-state index contributed by atoms with van der Waals surface area (Å²) in [7, 11) is 1.88. The summed E-state index contributed by atoms with van der Waals surface area (Å²) in [5.41, 5.74) is 0.427. The number of rotatable bonds is 4. The number of halogens is 1. The highest BCUT2D eigenvalue weighted by molar-refractivity contribution is 5.36. The molecule has 2 rings (SSSR count). The highest BCUT2D eigenvalue weighted by Crippen LogP contribution is 2.38. The molecule has 0 amide bonds. The molecule has 16 heavy (non-hydrogen) atoms. The van der Waals surface area contributed by atoms with Crippen molar-refractivity contribution in [2.45, 2.75) is 24.8 Å². The van der Waals surface area contributed by atoms with Gasteiger partial charge in [0.1, 0.15) is 0 Å². The fraction of sp³-hybridized carbons (Fsp3) is 0.455. The molecule has 1 saturated carbocycles. The van der Waals surface area contributed by atoms with Gasteiger partial charge in [0.2, 0.25) is 5.82 Å². The first-order chi connectivity index (χ1) is 7.56. The van der Waals surface area contributed by atoms with Crippen molar-refractivity contribution in [2.75, 3.05) is 7.05 Å². The predicted octanol–water partition coefficient (Wildman–Crippen LogP) is 2.03. The number of hydrogen-bond donors (Lipinski definition) is 1. The molecular weight excluding hydrogens is 211 g/mol. The number of benzene rings is 1. The fourth-order valence-corrected chi connectivity index (χ4v) is 1.87. The maximum atomic E-state index is 13.3. The van der Waals surface area contributed by atoms with Gasteiger partial charge in [-0.3, -0.25) is 10.1 Å². The van der Waals surface area contributed by atoms with Crippen molar-refractivity contribution in [3.05, 3.63) is 39.7 Å². The van der Waals surface area contributed by atoms with Crippen molar-refractivity contribution in [3.8, 4) is 0 Å². The number of likely N-dealkylation sites (N-methyl/N-ethyl adjacent to an activating group) is 1. The summed E-state index contributed by atoms with van der Waals surface area (Å²) in [6.45, 7) is 0. The lowest BCUT2D eigenvalue weighted by atomic mass is 10.0. The molecule has 1 N–H and O–H groups in total. The van der Waals surface area contributed by atoms with Crippen molar-refractivity contribution in [1.29, 1.82) is 0 Å². The predicted molar refractivity (Wildman–Crippen MR) is 57.8 cm³/mol. The van der Waals surface area contributed by atoms with Gasteiger partial charge >= 0.3 is 5.69 Å². The Bertz CT molecular complexity index is 430. The Morgan fingerprint density at radius 3 is 2.69 bits per heavy atom. The van der Waals surface area contributed by atoms with Gasteiger partial charge in [0, 0.05) is 11.6 Å². The molecule has 0 aliphatic heterocycles. The van der Waals surface area contributed by atoms with Gasteiger partial charge in [0.25, 0.3) is 0 Å². The molecule has 0 saturated heterocycles. The Balaban J connectivity index is 2.18. The first-order valence-corrected chi connectivity index (χ1v) is 5.18. The molecule has 0 bridgehead atoms. The molecule has 1 aromatic carbocycles. The van der Waals surface area contributed by atoms with Crippen molar-refractivity contribution in [3.63, 3.8) is 0 Å². The highest BCUT2D eigenvalue weighted by atomic mass is 19.1. The number of nitrogens with one attached hydrogen (secondary N) is 1. The third kappa shape index (κ3) is 2.04. The zero-order chi connectivity index (χ0) is 11.8. The van der Waals surface area contributed by atoms with Crippen LogP contribution in [0.5, 0.6) is 0 Å². The van der Waals surface area contributed by atoms with Crippen molar-refractivity contribution < 1.29 is 9.31 Å². The number of nitrogens with zero attached hydrogens (tertiary/aromatic N) is 1. The SMILES string of the molecule is CNC1(Cc2ccc([N+](=O)[O-])c(F)c2)CC1. The van der Waals surface area contributed by atoms with Crippen LogP contribution in [0.15, 0.2) is 18.2 Å². The largest absolute Gasteiger partial charge is 0.314 e. The minimum Gasteiger partial charge on any atom is -0.314 e. The second-order valence-electron chi connectivity index (χ2n) is 4.25. The topological polar surface area (TPSA) is 55.2 Å². The van der Waals surface area contributed by atoms with E-state index >= 15 is 0 Å². The molecule has 0 heterocycles. The summed E-state index contributed by atoms with van der Waals surface area (Å²) in [6, 6.07) is 4.12. The summed E-state index contributed by atoms with van der Waals surface area (Å²) >= 11 is 0. The quantitative estimate of drug-likeness (QED) is 0.628. The first-order valence-electron chi connectivity index (χ1n) is 5.18. The third-order valence-electron chi connectivity index (χ3n) is 3.14. The Labute approximate surface area is 92.6 Å². The molecule has 0 unspecified atom stereocenters. The van der Waals surface area contributed by atoms with Crippen LogP contribution in [0.3, 0.4) is 0 Å². The lowest BCUT2D eigenvalue weighted by Gasteiger charge is -2.13. The average molecular weight is 224 g/mol. The van der Waals surface area contributed by atoms with E-state index in [1.165, 1.54) is 12.1 Å². The molecule has 1 aromatic rings. The van der Waals surface area contributed by atoms with Crippen LogP contribution < -0.4 is 5.32 Å². The van der Waals surface area contributed by atoms with E-state index in [0.717, 1.165) is 24.8 Å². The van der Waals surface area contributed by atoms with E-state index in [1.54, 1.807) is 6.07 Å². The molecule has 0 atom stereocenters. The Morgan fingerprint density at radius 1 is 1.56 bits per heavy atom. The van der Waals surface area contributed by atoms with Gasteiger partial charge in [-0.1, -0.05) is 6.07 Å². The second-order valence-corrected chi connectivity index (χ2v) is 4.25. The van der Waals surface area contributed by atoms with E-state index in [0.29, 0.717) is 0 Å². The molecule has 0 spiro atoms. The van der Waals surface area contributed by atoms with E-state index in [1.807, 2.05) is 7.05 Å². The van der Waals surface area contributed by atoms with Crippen molar-refractivity contribution >= 4 is 5.69 Å². The summed E-state index contributed by atoms with van der Waals surface area (Å²) in [6.07, 6.45) is 2.86. The Hall–Kier alpha value is -1.49. The van der Waals surface area contributed by atoms with Gasteiger partial charge < -0.3 is 5.32 Å². The molecule has 1 aliphatic rings. The van der Waals surface area contributed by atoms with Gasteiger partial charge in [0.05, 0.1) is 4.92 Å². The molecule has 0 aromatic heterocycles. The van der Waals surface area contributed by atoms with Gasteiger partial charge in [-0.25, -0.2) is 0 Å². The Kier molecular flexibility index (Phi) is 2.63. The summed E-state index contributed by atoms with van der Waals surface area (Å²) < 4.78 is 13.3. The van der Waals surface area contributed by atoms with Crippen LogP contribution in [0, 0.1) is 15.9 Å². The van der Waals surface area contributed by atoms with Crippen LogP contribution in [0.1, 0.15) is 18.4 Å². The van der Waals surface area contributed by atoms with E-state index in [2.05, 4.69) is 5.32 Å². The number of hydrogen-bond acceptors (Lipinski definition) is 3. The molecule has 1 fully saturated rings. The smallest absolute Gasteiger partial charge is 0.304 e. The zero-order valence-corrected chi connectivity index (χ0v) is 9.00. The minimum absolute atomic E-state index is 0.0859. The van der Waals surface area contributed by atoms with Crippen LogP contribution >= 0.6 is 0 Å². The molecule has 86 valence electrons. The number of nitro benzene ring substituents is 1. The van der Waals surface area contributed by atoms with Gasteiger partial charge in [-0.15, -0.1) is 0 Å². The standard InChI is InChI=1S/C11H13FN2O2/c1-13-11(4-5-11)7-8-2-3-10(14(15)16)9(12)6-8/h2-3,6,13H,4-5,7H2,1H3. The van der Waals surface area contributed by atoms with E-state index in [9.17, 15) is 14.5 Å². The maximum absolute atomic E-state index is 13.3. The average Bonchev–Trinajstić information content (AvgIpc) is 2.98. The molecule has 1 aliphatic carbocycles. The summed E-state index contributed by atoms with van der Waals surface area (Å²) in [4.78, 5) is 9.74. The lowest BCUT2D eigenvalue weighted by molar-refractivity contribution is -0.387. The Morgan fingerprint density at radius 2 is 2.25 bits per heavy atom. The summed E-state index contributed by atoms with van der Waals surface area (Å²) in [5.74, 6) is -0.755. The fourth-order valence-electron chi connectivity index (χ4n) is 1.87. The maximum Gasteiger partial charge on any atom is 0.304 e. The molecule has 5 heteroatoms. The van der Waals surface area contributed by atoms with Crippen LogP contribution in [-0.2, 0) is 6.42 Å². The lowest BCUT2D eigenvalue weighted by Crippen LogP contribution is -2.29. The van der Waals surface area contributed by atoms with Crippen LogP contribution in [0.4, 0.5) is 10.1 Å². The van der Waals surface area contributed by atoms with Crippen LogP contribution in [0.25, 0.3) is 0 Å². The molecule has 0 radical (unpaired) electrons. The van der Waals surface area contributed by atoms with Crippen molar-refractivity contribution in [2.24, 2.45) is 0 Å². The minimum atomic E-state index is -0.755. The van der Waals surface area contributed by atoms with E-state index < -0.39 is 16.4 Å². The zero-order valence-electron chi connectivity index (χ0n) is 9.00. The monoisotopic (exact) mass is 224 g/mol. The normalized spacial score (nSPS) is 17.1. The molecular formula is C11H13FN2O2. The highest BCUT2D eigenvalue weighted by Gasteiger charge is 2.40. The third-order valence-corrected chi connectivity index (χ3v) is 3.14. The van der Waals surface area contributed by atoms with Gasteiger partial charge in [0.15, 0.2) is 0 Å². The van der Waals surface area contributed by atoms with Crippen LogP contribution in [0.2, 0.25) is 0 Å². The van der Waals surface area contributed by atoms with E-state index in [-0.39, 0.29) is 5.54 Å². The second kappa shape index (κ2) is 3.83. The van der Waals surface area contributed by atoms with Gasteiger partial charge in [-0.05, 0) is 37.9 Å². The van der Waals surface area contributed by atoms with Gasteiger partial charge in [-0.2, -0.15) is 4.39 Å². The first kappa shape index (κ1) is 11.0.